The Morgan fingerprint density at radius 2 is 2.24 bits per heavy atom. The van der Waals surface area contributed by atoms with E-state index < -0.39 is 0 Å². The lowest BCUT2D eigenvalue weighted by atomic mass is 10.3. The first-order chi connectivity index (χ1) is 8.29. The summed E-state index contributed by atoms with van der Waals surface area (Å²) in [7, 11) is 0. The number of anilines is 1. The van der Waals surface area contributed by atoms with Crippen molar-refractivity contribution < 1.29 is 4.39 Å². The maximum absolute atomic E-state index is 13.1. The molecule has 0 bridgehead atoms. The van der Waals surface area contributed by atoms with Gasteiger partial charge in [0.25, 0.3) is 0 Å². The van der Waals surface area contributed by atoms with E-state index >= 15 is 0 Å². The second kappa shape index (κ2) is 3.65. The van der Waals surface area contributed by atoms with Crippen LogP contribution >= 0.6 is 0 Å². The number of fused-ring (bicyclic) bond motifs is 3. The second-order valence-corrected chi connectivity index (χ2v) is 3.64. The van der Waals surface area contributed by atoms with Gasteiger partial charge >= 0.3 is 0 Å². The van der Waals surface area contributed by atoms with Crippen LogP contribution in [0.15, 0.2) is 24.4 Å². The number of nitrogens with zero attached hydrogens (tertiary/aromatic N) is 4. The molecule has 3 aromatic rings. The summed E-state index contributed by atoms with van der Waals surface area (Å²) in [6, 6.07) is 4.47. The van der Waals surface area contributed by atoms with Crippen LogP contribution < -0.4 is 5.32 Å². The smallest absolute Gasteiger partial charge is 0.229 e. The van der Waals surface area contributed by atoms with Gasteiger partial charge in [0.1, 0.15) is 5.82 Å². The topological polar surface area (TPSA) is 55.1 Å². The minimum absolute atomic E-state index is 0.303. The third-order valence-corrected chi connectivity index (χ3v) is 2.52. The zero-order chi connectivity index (χ0) is 11.8. The van der Waals surface area contributed by atoms with E-state index in [0.29, 0.717) is 17.1 Å². The molecule has 0 fully saturated rings. The first-order valence-electron chi connectivity index (χ1n) is 5.33. The number of aromatic nitrogens is 4. The van der Waals surface area contributed by atoms with Crippen LogP contribution in [0.5, 0.6) is 0 Å². The number of nitrogens with one attached hydrogen (secondary N) is 1. The summed E-state index contributed by atoms with van der Waals surface area (Å²) in [6.07, 6.45) is 1.58. The Labute approximate surface area is 96.3 Å². The highest BCUT2D eigenvalue weighted by molar-refractivity contribution is 5.78. The summed E-state index contributed by atoms with van der Waals surface area (Å²) in [4.78, 5) is 4.15. The van der Waals surface area contributed by atoms with E-state index in [0.717, 1.165) is 12.1 Å². The molecule has 0 atom stereocenters. The van der Waals surface area contributed by atoms with Gasteiger partial charge in [-0.1, -0.05) is 0 Å². The lowest BCUT2D eigenvalue weighted by molar-refractivity contribution is 0.629. The monoisotopic (exact) mass is 231 g/mol. The van der Waals surface area contributed by atoms with Crippen molar-refractivity contribution in [3.63, 3.8) is 0 Å². The van der Waals surface area contributed by atoms with E-state index in [4.69, 9.17) is 0 Å². The fraction of sp³-hybridized carbons (Fsp3) is 0.182. The van der Waals surface area contributed by atoms with Crippen molar-refractivity contribution in [1.29, 1.82) is 0 Å². The van der Waals surface area contributed by atoms with E-state index in [-0.39, 0.29) is 5.82 Å². The Bertz CT molecular complexity index is 691. The first-order valence-corrected chi connectivity index (χ1v) is 5.33. The normalized spacial score (nSPS) is 11.2. The highest BCUT2D eigenvalue weighted by Gasteiger charge is 2.09. The molecule has 0 aliphatic rings. The molecule has 0 saturated carbocycles. The standard InChI is InChI=1S/C11H10FN5/c1-2-13-11-16-15-10-6-14-8-5-7(12)3-4-9(8)17(10)11/h3-6H,2H2,1H3,(H,13,16). The minimum Gasteiger partial charge on any atom is -0.354 e. The molecule has 0 radical (unpaired) electrons. The Morgan fingerprint density at radius 1 is 1.35 bits per heavy atom. The summed E-state index contributed by atoms with van der Waals surface area (Å²) in [5.74, 6) is 0.337. The molecule has 86 valence electrons. The molecular weight excluding hydrogens is 221 g/mol. The fourth-order valence-corrected chi connectivity index (χ4v) is 1.81. The average Bonchev–Trinajstić information content (AvgIpc) is 2.73. The van der Waals surface area contributed by atoms with Crippen LogP contribution in [-0.4, -0.2) is 26.1 Å². The SMILES string of the molecule is CCNc1nnc2cnc3cc(F)ccc3n12. The van der Waals surface area contributed by atoms with E-state index in [1.54, 1.807) is 12.3 Å². The zero-order valence-corrected chi connectivity index (χ0v) is 9.18. The predicted molar refractivity (Wildman–Crippen MR) is 62.4 cm³/mol. The molecule has 1 N–H and O–H groups in total. The molecule has 0 unspecified atom stereocenters. The number of benzene rings is 1. The van der Waals surface area contributed by atoms with E-state index in [2.05, 4.69) is 20.5 Å². The van der Waals surface area contributed by atoms with Crippen molar-refractivity contribution in [1.82, 2.24) is 19.6 Å². The summed E-state index contributed by atoms with van der Waals surface area (Å²) in [5, 5.41) is 11.1. The summed E-state index contributed by atoms with van der Waals surface area (Å²) in [6.45, 7) is 2.72. The summed E-state index contributed by atoms with van der Waals surface area (Å²) in [5.41, 5.74) is 2.00. The van der Waals surface area contributed by atoms with E-state index in [9.17, 15) is 4.39 Å². The summed E-state index contributed by atoms with van der Waals surface area (Å²) < 4.78 is 14.9. The molecule has 6 heteroatoms. The largest absolute Gasteiger partial charge is 0.354 e. The van der Waals surface area contributed by atoms with Crippen molar-refractivity contribution in [2.75, 3.05) is 11.9 Å². The molecule has 2 heterocycles. The lowest BCUT2D eigenvalue weighted by Crippen LogP contribution is -2.02. The molecule has 0 aliphatic heterocycles. The molecule has 3 rings (SSSR count). The van der Waals surface area contributed by atoms with Gasteiger partial charge in [-0.05, 0) is 19.1 Å². The van der Waals surface area contributed by atoms with Gasteiger partial charge in [0.15, 0.2) is 5.65 Å². The minimum atomic E-state index is -0.303. The third kappa shape index (κ3) is 1.49. The highest BCUT2D eigenvalue weighted by Crippen LogP contribution is 2.18. The number of hydrogen-bond acceptors (Lipinski definition) is 4. The maximum atomic E-state index is 13.1. The Kier molecular flexibility index (Phi) is 2.14. The highest BCUT2D eigenvalue weighted by atomic mass is 19.1. The van der Waals surface area contributed by atoms with Gasteiger partial charge in [-0.3, -0.25) is 9.38 Å². The quantitative estimate of drug-likeness (QED) is 0.731. The molecule has 5 nitrogen and oxygen atoms in total. The van der Waals surface area contributed by atoms with Crippen LogP contribution in [-0.2, 0) is 0 Å². The molecule has 0 saturated heterocycles. The Morgan fingerprint density at radius 3 is 3.06 bits per heavy atom. The Balaban J connectivity index is 2.40. The summed E-state index contributed by atoms with van der Waals surface area (Å²) >= 11 is 0. The van der Waals surface area contributed by atoms with Crippen molar-refractivity contribution in [3.8, 4) is 0 Å². The molecule has 0 aliphatic carbocycles. The fourth-order valence-electron chi connectivity index (χ4n) is 1.81. The lowest BCUT2D eigenvalue weighted by Gasteiger charge is -2.04. The van der Waals surface area contributed by atoms with Gasteiger partial charge in [0, 0.05) is 12.6 Å². The van der Waals surface area contributed by atoms with Gasteiger partial charge in [-0.25, -0.2) is 4.39 Å². The molecule has 0 amide bonds. The van der Waals surface area contributed by atoms with Gasteiger partial charge in [0.2, 0.25) is 5.95 Å². The molecule has 2 aromatic heterocycles. The number of hydrogen-bond donors (Lipinski definition) is 1. The third-order valence-electron chi connectivity index (χ3n) is 2.52. The predicted octanol–water partition coefficient (Wildman–Crippen LogP) is 1.85. The zero-order valence-electron chi connectivity index (χ0n) is 9.18. The van der Waals surface area contributed by atoms with Gasteiger partial charge < -0.3 is 5.32 Å². The van der Waals surface area contributed by atoms with Crippen LogP contribution in [0.3, 0.4) is 0 Å². The van der Waals surface area contributed by atoms with E-state index in [1.807, 2.05) is 11.3 Å². The maximum Gasteiger partial charge on any atom is 0.229 e. The van der Waals surface area contributed by atoms with Gasteiger partial charge in [-0.2, -0.15) is 0 Å². The van der Waals surface area contributed by atoms with Crippen LogP contribution in [0.2, 0.25) is 0 Å². The number of halogens is 1. The molecule has 1 aromatic carbocycles. The molecule has 0 spiro atoms. The van der Waals surface area contributed by atoms with Crippen LogP contribution in [0, 0.1) is 5.82 Å². The number of rotatable bonds is 2. The van der Waals surface area contributed by atoms with Crippen LogP contribution in [0.25, 0.3) is 16.7 Å². The van der Waals surface area contributed by atoms with Gasteiger partial charge in [0.05, 0.1) is 17.2 Å². The van der Waals surface area contributed by atoms with Crippen molar-refractivity contribution in [3.05, 3.63) is 30.2 Å². The average molecular weight is 231 g/mol. The van der Waals surface area contributed by atoms with Gasteiger partial charge in [-0.15, -0.1) is 10.2 Å². The Hall–Kier alpha value is -2.24. The van der Waals surface area contributed by atoms with Crippen LogP contribution in [0.1, 0.15) is 6.92 Å². The van der Waals surface area contributed by atoms with Crippen molar-refractivity contribution >= 4 is 22.6 Å². The van der Waals surface area contributed by atoms with Crippen molar-refractivity contribution in [2.45, 2.75) is 6.92 Å². The molecular formula is C11H10FN5. The molecule has 17 heavy (non-hydrogen) atoms. The van der Waals surface area contributed by atoms with E-state index in [1.165, 1.54) is 12.1 Å². The van der Waals surface area contributed by atoms with Crippen LogP contribution in [0.4, 0.5) is 10.3 Å². The first kappa shape index (κ1) is 9.95. The second-order valence-electron chi connectivity index (χ2n) is 3.64. The van der Waals surface area contributed by atoms with Crippen molar-refractivity contribution in [2.24, 2.45) is 0 Å².